The SMILES string of the molecule is C[SiH](C)[Si](C)(C)[Si](C)(C)[Si](C)(C)[Si](C)(C)[Si](C)(C)[Si](C)(C)[Si](C)(C)O[Si](C)(C)C. The zero-order valence-corrected chi connectivity index (χ0v) is 33.1. The molecule has 1 nitrogen and oxygen atoms in total. The van der Waals surface area contributed by atoms with Crippen molar-refractivity contribution in [2.45, 2.75) is 124 Å². The van der Waals surface area contributed by atoms with Crippen molar-refractivity contribution in [3.05, 3.63) is 0 Å². The quantitative estimate of drug-likeness (QED) is 0.271. The normalized spacial score (nSPS) is 16.6. The third-order valence-electron chi connectivity index (χ3n) is 11.4. The maximum Gasteiger partial charge on any atom is 0.170 e. The highest BCUT2D eigenvalue weighted by atomic mass is 30.1. The van der Waals surface area contributed by atoms with E-state index in [0.29, 0.717) is 0 Å². The Morgan fingerprint density at radius 3 is 0.966 bits per heavy atom. The van der Waals surface area contributed by atoms with Crippen molar-refractivity contribution >= 4 is 67.1 Å². The zero-order valence-electron chi connectivity index (χ0n) is 24.0. The van der Waals surface area contributed by atoms with Gasteiger partial charge in [0.05, 0.1) is 7.11 Å². The fourth-order valence-corrected chi connectivity index (χ4v) is 238. The van der Waals surface area contributed by atoms with Gasteiger partial charge < -0.3 is 4.12 Å². The summed E-state index contributed by atoms with van der Waals surface area (Å²) in [5.74, 6) is 0. The van der Waals surface area contributed by atoms with Crippen LogP contribution in [0.5, 0.6) is 0 Å². The molecule has 10 heteroatoms. The van der Waals surface area contributed by atoms with Gasteiger partial charge in [0.25, 0.3) is 0 Å². The van der Waals surface area contributed by atoms with Gasteiger partial charge in [0.15, 0.2) is 16.2 Å². The van der Waals surface area contributed by atoms with E-state index in [1.807, 2.05) is 0 Å². The average Bonchev–Trinajstić information content (AvgIpc) is 2.43. The lowest BCUT2D eigenvalue weighted by Crippen LogP contribution is -2.92. The van der Waals surface area contributed by atoms with Crippen LogP contribution < -0.4 is 0 Å². The summed E-state index contributed by atoms with van der Waals surface area (Å²) in [7, 11) is -11.5. The van der Waals surface area contributed by atoms with Gasteiger partial charge in [-0.25, -0.2) is 0 Å². The number of rotatable bonds is 9. The predicted molar refractivity (Wildman–Crippen MR) is 166 cm³/mol. The second-order valence-electron chi connectivity index (χ2n) is 14.7. The molecular weight excluding hydrogens is 497 g/mol. The smallest absolute Gasteiger partial charge is 0.170 e. The van der Waals surface area contributed by atoms with Crippen molar-refractivity contribution in [2.24, 2.45) is 0 Å². The highest BCUT2D eigenvalue weighted by Gasteiger charge is 2.68. The van der Waals surface area contributed by atoms with Crippen LogP contribution in [-0.4, -0.2) is 67.1 Å². The van der Waals surface area contributed by atoms with Crippen molar-refractivity contribution in [2.75, 3.05) is 0 Å². The molecule has 0 aliphatic carbocycles. The molecule has 0 fully saturated rings. The lowest BCUT2D eigenvalue weighted by atomic mass is 11.8. The minimum Gasteiger partial charge on any atom is -0.458 e. The van der Waals surface area contributed by atoms with E-state index in [1.165, 1.54) is 0 Å². The molecule has 0 rings (SSSR count). The van der Waals surface area contributed by atoms with Crippen LogP contribution in [0, 0.1) is 0 Å². The van der Waals surface area contributed by atoms with Gasteiger partial charge >= 0.3 is 0 Å². The lowest BCUT2D eigenvalue weighted by Gasteiger charge is -2.64. The third kappa shape index (κ3) is 5.05. The highest BCUT2D eigenvalue weighted by Crippen LogP contribution is 2.45. The summed E-state index contributed by atoms with van der Waals surface area (Å²) in [5, 5.41) is 0. The summed E-state index contributed by atoms with van der Waals surface area (Å²) in [4.78, 5) is 0. The molecule has 0 aliphatic rings. The van der Waals surface area contributed by atoms with Crippen LogP contribution in [0.3, 0.4) is 0 Å². The van der Waals surface area contributed by atoms with Gasteiger partial charge in [-0.1, -0.05) is 91.7 Å². The molecule has 0 amide bonds. The maximum absolute atomic E-state index is 7.11. The van der Waals surface area contributed by atoms with Crippen molar-refractivity contribution in [1.29, 1.82) is 0 Å². The van der Waals surface area contributed by atoms with Crippen LogP contribution in [0.4, 0.5) is 0 Å². The van der Waals surface area contributed by atoms with E-state index >= 15 is 0 Å². The van der Waals surface area contributed by atoms with Crippen LogP contribution >= 0.6 is 0 Å². The molecule has 0 aromatic heterocycles. The van der Waals surface area contributed by atoms with E-state index in [0.717, 1.165) is 0 Å². The van der Waals surface area contributed by atoms with Crippen molar-refractivity contribution < 1.29 is 4.12 Å². The van der Waals surface area contributed by atoms with Gasteiger partial charge in [-0.3, -0.25) is 0 Å². The molecule has 0 unspecified atom stereocenters. The zero-order chi connectivity index (χ0) is 24.3. The molecular formula is C19H58OSi9. The summed E-state index contributed by atoms with van der Waals surface area (Å²) in [6, 6.07) is 0. The van der Waals surface area contributed by atoms with Gasteiger partial charge in [0.2, 0.25) is 0 Å². The van der Waals surface area contributed by atoms with Crippen LogP contribution in [0.1, 0.15) is 0 Å². The molecule has 29 heavy (non-hydrogen) atoms. The number of hydrogen-bond donors (Lipinski definition) is 0. The molecule has 0 atom stereocenters. The van der Waals surface area contributed by atoms with E-state index in [-0.39, 0.29) is 0 Å². The summed E-state index contributed by atoms with van der Waals surface area (Å²) >= 11 is 0. The average molecular weight is 555 g/mol. The lowest BCUT2D eigenvalue weighted by molar-refractivity contribution is 0.571. The van der Waals surface area contributed by atoms with E-state index in [1.54, 1.807) is 0 Å². The van der Waals surface area contributed by atoms with Gasteiger partial charge in [-0.05, 0) is 32.7 Å². The maximum atomic E-state index is 7.11. The molecule has 0 saturated carbocycles. The first-order valence-electron chi connectivity index (χ1n) is 11.9. The topological polar surface area (TPSA) is 9.23 Å². The minimum absolute atomic E-state index is 0.561. The van der Waals surface area contributed by atoms with Crippen molar-refractivity contribution in [3.63, 3.8) is 0 Å². The fourth-order valence-electron chi connectivity index (χ4n) is 5.52. The molecule has 0 aromatic carbocycles. The number of hydrogen-bond acceptors (Lipinski definition) is 1. The van der Waals surface area contributed by atoms with E-state index < -0.39 is 67.1 Å². The van der Waals surface area contributed by atoms with E-state index in [2.05, 4.69) is 124 Å². The van der Waals surface area contributed by atoms with E-state index in [4.69, 9.17) is 4.12 Å². The Morgan fingerprint density at radius 1 is 0.414 bits per heavy atom. The molecule has 0 aliphatic heterocycles. The van der Waals surface area contributed by atoms with Gasteiger partial charge in [-0.2, -0.15) is 0 Å². The summed E-state index contributed by atoms with van der Waals surface area (Å²) in [5.41, 5.74) is 0. The Balaban J connectivity index is 6.60. The molecule has 0 radical (unpaired) electrons. The molecule has 0 heterocycles. The Hall–Kier alpha value is 1.91. The monoisotopic (exact) mass is 554 g/mol. The molecule has 0 aromatic rings. The van der Waals surface area contributed by atoms with Crippen molar-refractivity contribution in [3.8, 4) is 0 Å². The van der Waals surface area contributed by atoms with Gasteiger partial charge in [0.1, 0.15) is 0 Å². The summed E-state index contributed by atoms with van der Waals surface area (Å²) < 4.78 is 7.11. The largest absolute Gasteiger partial charge is 0.458 e. The second-order valence-corrected chi connectivity index (χ2v) is 107. The van der Waals surface area contributed by atoms with E-state index in [9.17, 15) is 0 Å². The second kappa shape index (κ2) is 8.60. The first-order valence-corrected chi connectivity index (χ1v) is 46.3. The van der Waals surface area contributed by atoms with Crippen molar-refractivity contribution in [1.82, 2.24) is 0 Å². The Morgan fingerprint density at radius 2 is 0.690 bits per heavy atom. The van der Waals surface area contributed by atoms with Crippen LogP contribution in [0.25, 0.3) is 0 Å². The van der Waals surface area contributed by atoms with Crippen LogP contribution in [-0.2, 0) is 4.12 Å². The first kappa shape index (κ1) is 30.9. The van der Waals surface area contributed by atoms with Gasteiger partial charge in [0, 0.05) is 43.9 Å². The predicted octanol–water partition coefficient (Wildman–Crippen LogP) is 7.33. The summed E-state index contributed by atoms with van der Waals surface area (Å²) in [6.07, 6.45) is 0. The Bertz CT molecular complexity index is 585. The minimum atomic E-state index is -1.66. The summed E-state index contributed by atoms with van der Waals surface area (Å²) in [6.45, 7) is 52.2. The molecule has 0 bridgehead atoms. The Labute approximate surface area is 194 Å². The van der Waals surface area contributed by atoms with Crippen LogP contribution in [0.15, 0.2) is 0 Å². The highest BCUT2D eigenvalue weighted by molar-refractivity contribution is 8.02. The van der Waals surface area contributed by atoms with Gasteiger partial charge in [-0.15, -0.1) is 0 Å². The first-order chi connectivity index (χ1) is 12.2. The molecule has 0 saturated heterocycles. The molecule has 0 N–H and O–H groups in total. The van der Waals surface area contributed by atoms with Crippen LogP contribution in [0.2, 0.25) is 124 Å². The fraction of sp³-hybridized carbons (Fsp3) is 1.00. The molecule has 176 valence electrons. The third-order valence-corrected chi connectivity index (χ3v) is 183. The standard InChI is InChI=1S/C19H58OSi9/c1-21(2)24(8,9)26(12,13)28(16,17)29(18,19)27(14,15)25(10,11)23(6,7)20-22(3,4)5/h21H,1-19H3. The molecule has 0 spiro atoms. The Kier molecular flexibility index (Phi) is 9.17.